The molecule has 2 rings (SSSR count). The quantitative estimate of drug-likeness (QED) is 0.423. The molecule has 2 aromatic rings. The van der Waals surface area contributed by atoms with Crippen LogP contribution in [0.4, 0.5) is 0 Å². The van der Waals surface area contributed by atoms with Crippen molar-refractivity contribution in [1.29, 1.82) is 0 Å². The number of rotatable bonds is 9. The van der Waals surface area contributed by atoms with Gasteiger partial charge in [0.1, 0.15) is 0 Å². The smallest absolute Gasteiger partial charge is 0.216 e. The van der Waals surface area contributed by atoms with Crippen molar-refractivity contribution >= 4 is 18.4 Å². The Balaban J connectivity index is 2.18. The first-order chi connectivity index (χ1) is 11.7. The lowest BCUT2D eigenvalue weighted by Crippen LogP contribution is -2.00. The van der Waals surface area contributed by atoms with E-state index < -0.39 is 0 Å². The zero-order valence-electron chi connectivity index (χ0n) is 14.4. The zero-order valence-corrected chi connectivity index (χ0v) is 15.2. The highest BCUT2D eigenvalue weighted by Crippen LogP contribution is 2.27. The maximum Gasteiger partial charge on any atom is 0.216 e. The van der Waals surface area contributed by atoms with E-state index in [9.17, 15) is 0 Å². The molecule has 0 bridgehead atoms. The van der Waals surface area contributed by atoms with Crippen molar-refractivity contribution in [3.8, 4) is 11.5 Å². The molecule has 0 amide bonds. The molecule has 0 aliphatic rings. The van der Waals surface area contributed by atoms with Crippen molar-refractivity contribution in [3.05, 3.63) is 34.4 Å². The average molecular weight is 348 g/mol. The van der Waals surface area contributed by atoms with Gasteiger partial charge in [0, 0.05) is 6.42 Å². The Kier molecular flexibility index (Phi) is 6.99. The first-order valence-electron chi connectivity index (χ1n) is 8.21. The molecule has 0 aliphatic carbocycles. The number of ether oxygens (including phenoxy) is 2. The minimum atomic E-state index is 0.487. The van der Waals surface area contributed by atoms with Crippen LogP contribution in [0.3, 0.4) is 0 Å². The number of aryl methyl sites for hydroxylation is 1. The first-order valence-corrected chi connectivity index (χ1v) is 8.61. The van der Waals surface area contributed by atoms with Crippen LogP contribution in [-0.4, -0.2) is 34.8 Å². The third-order valence-corrected chi connectivity index (χ3v) is 3.72. The standard InChI is InChI=1S/C17H24N4O2S/c1-4-6-10-23-14-9-8-13(11-15(14)22-3)12-18-21-16(7-5-2)19-20-17(21)24/h8-9,11-12H,4-7,10H2,1-3H3,(H,20,24)/b18-12+. The molecule has 1 aromatic carbocycles. The van der Waals surface area contributed by atoms with Gasteiger partial charge in [-0.1, -0.05) is 20.3 Å². The number of aromatic amines is 1. The molecule has 24 heavy (non-hydrogen) atoms. The maximum atomic E-state index is 5.74. The predicted molar refractivity (Wildman–Crippen MR) is 97.8 cm³/mol. The second kappa shape index (κ2) is 9.22. The summed E-state index contributed by atoms with van der Waals surface area (Å²) in [6.07, 6.45) is 5.65. The van der Waals surface area contributed by atoms with Crippen LogP contribution < -0.4 is 9.47 Å². The van der Waals surface area contributed by atoms with Gasteiger partial charge in [-0.2, -0.15) is 14.9 Å². The summed E-state index contributed by atoms with van der Waals surface area (Å²) < 4.78 is 13.3. The topological polar surface area (TPSA) is 64.4 Å². The van der Waals surface area contributed by atoms with Crippen molar-refractivity contribution in [2.45, 2.75) is 39.5 Å². The Morgan fingerprint density at radius 1 is 1.29 bits per heavy atom. The summed E-state index contributed by atoms with van der Waals surface area (Å²) in [4.78, 5) is 0. The summed E-state index contributed by atoms with van der Waals surface area (Å²) in [5.41, 5.74) is 0.903. The van der Waals surface area contributed by atoms with Crippen LogP contribution in [0.2, 0.25) is 0 Å². The van der Waals surface area contributed by atoms with E-state index in [1.54, 1.807) is 18.0 Å². The van der Waals surface area contributed by atoms with Gasteiger partial charge in [-0.05, 0) is 48.8 Å². The number of aromatic nitrogens is 3. The summed E-state index contributed by atoms with van der Waals surface area (Å²) in [7, 11) is 1.63. The van der Waals surface area contributed by atoms with Crippen molar-refractivity contribution < 1.29 is 9.47 Å². The Labute approximate surface area is 147 Å². The largest absolute Gasteiger partial charge is 0.493 e. The van der Waals surface area contributed by atoms with Gasteiger partial charge in [-0.25, -0.2) is 0 Å². The Morgan fingerprint density at radius 2 is 2.12 bits per heavy atom. The number of hydrogen-bond acceptors (Lipinski definition) is 5. The molecule has 0 unspecified atom stereocenters. The minimum Gasteiger partial charge on any atom is -0.493 e. The summed E-state index contributed by atoms with van der Waals surface area (Å²) in [6, 6.07) is 5.74. The monoisotopic (exact) mass is 348 g/mol. The van der Waals surface area contributed by atoms with Crippen LogP contribution in [0.25, 0.3) is 0 Å². The maximum absolute atomic E-state index is 5.74. The lowest BCUT2D eigenvalue weighted by molar-refractivity contribution is 0.288. The van der Waals surface area contributed by atoms with Crippen molar-refractivity contribution in [2.24, 2.45) is 5.10 Å². The third kappa shape index (κ3) is 4.67. The Hall–Kier alpha value is -2.15. The molecular formula is C17H24N4O2S. The second-order valence-electron chi connectivity index (χ2n) is 5.36. The molecule has 0 saturated heterocycles. The van der Waals surface area contributed by atoms with Crippen molar-refractivity contribution in [2.75, 3.05) is 13.7 Å². The molecule has 0 saturated carbocycles. The van der Waals surface area contributed by atoms with Crippen LogP contribution in [0.5, 0.6) is 11.5 Å². The van der Waals surface area contributed by atoms with Gasteiger partial charge in [-0.3, -0.25) is 5.10 Å². The van der Waals surface area contributed by atoms with Gasteiger partial charge in [-0.15, -0.1) is 0 Å². The van der Waals surface area contributed by atoms with E-state index in [1.165, 1.54) is 0 Å². The molecule has 7 heteroatoms. The highest BCUT2D eigenvalue weighted by atomic mass is 32.1. The summed E-state index contributed by atoms with van der Waals surface area (Å²) in [6.45, 7) is 4.91. The summed E-state index contributed by atoms with van der Waals surface area (Å²) in [5.74, 6) is 2.26. The highest BCUT2D eigenvalue weighted by Gasteiger charge is 2.06. The van der Waals surface area contributed by atoms with Gasteiger partial charge in [0.2, 0.25) is 4.77 Å². The minimum absolute atomic E-state index is 0.487. The fraction of sp³-hybridized carbons (Fsp3) is 0.471. The van der Waals surface area contributed by atoms with E-state index >= 15 is 0 Å². The van der Waals surface area contributed by atoms with Crippen molar-refractivity contribution in [3.63, 3.8) is 0 Å². The lowest BCUT2D eigenvalue weighted by atomic mass is 10.2. The van der Waals surface area contributed by atoms with Gasteiger partial charge in [0.25, 0.3) is 0 Å². The molecule has 0 fully saturated rings. The van der Waals surface area contributed by atoms with Gasteiger partial charge in [0.05, 0.1) is 19.9 Å². The number of unbranched alkanes of at least 4 members (excludes halogenated alkanes) is 1. The molecule has 0 atom stereocenters. The van der Waals surface area contributed by atoms with Gasteiger partial charge < -0.3 is 9.47 Å². The molecule has 0 radical (unpaired) electrons. The normalized spacial score (nSPS) is 11.1. The van der Waals surface area contributed by atoms with Gasteiger partial charge in [0.15, 0.2) is 17.3 Å². The van der Waals surface area contributed by atoms with E-state index in [0.29, 0.717) is 17.1 Å². The van der Waals surface area contributed by atoms with Crippen LogP contribution in [-0.2, 0) is 6.42 Å². The van der Waals surface area contributed by atoms with Crippen molar-refractivity contribution in [1.82, 2.24) is 14.9 Å². The predicted octanol–water partition coefficient (Wildman–Crippen LogP) is 3.96. The Morgan fingerprint density at radius 3 is 2.83 bits per heavy atom. The second-order valence-corrected chi connectivity index (χ2v) is 5.75. The van der Waals surface area contributed by atoms with Crippen LogP contribution in [0.15, 0.2) is 23.3 Å². The number of hydrogen-bond donors (Lipinski definition) is 1. The molecule has 0 spiro atoms. The third-order valence-electron chi connectivity index (χ3n) is 3.46. The molecular weight excluding hydrogens is 324 g/mol. The van der Waals surface area contributed by atoms with E-state index in [2.05, 4.69) is 29.1 Å². The van der Waals surface area contributed by atoms with E-state index in [4.69, 9.17) is 21.7 Å². The van der Waals surface area contributed by atoms with Gasteiger partial charge >= 0.3 is 0 Å². The average Bonchev–Trinajstić information content (AvgIpc) is 2.94. The lowest BCUT2D eigenvalue weighted by Gasteiger charge is -2.10. The van der Waals surface area contributed by atoms with E-state index in [-0.39, 0.29) is 0 Å². The fourth-order valence-electron chi connectivity index (χ4n) is 2.16. The molecule has 0 aliphatic heterocycles. The fourth-order valence-corrected chi connectivity index (χ4v) is 2.36. The highest BCUT2D eigenvalue weighted by molar-refractivity contribution is 7.71. The Bertz CT molecular complexity index is 736. The van der Waals surface area contributed by atoms with E-state index in [1.807, 2.05) is 18.2 Å². The molecule has 130 valence electrons. The molecule has 6 nitrogen and oxygen atoms in total. The zero-order chi connectivity index (χ0) is 17.4. The summed E-state index contributed by atoms with van der Waals surface area (Å²) >= 11 is 5.22. The van der Waals surface area contributed by atoms with Crippen LogP contribution >= 0.6 is 12.2 Å². The molecule has 1 N–H and O–H groups in total. The number of H-pyrrole nitrogens is 1. The first kappa shape index (κ1) is 18.2. The number of benzene rings is 1. The molecule has 1 aromatic heterocycles. The summed E-state index contributed by atoms with van der Waals surface area (Å²) in [5, 5.41) is 11.4. The van der Waals surface area contributed by atoms with Crippen LogP contribution in [0, 0.1) is 4.77 Å². The van der Waals surface area contributed by atoms with Crippen LogP contribution in [0.1, 0.15) is 44.5 Å². The number of nitrogens with zero attached hydrogens (tertiary/aromatic N) is 3. The number of methoxy groups -OCH3 is 1. The number of nitrogens with one attached hydrogen (secondary N) is 1. The molecule has 1 heterocycles. The SMILES string of the molecule is CCCCOc1ccc(/C=N/n2c(CCC)n[nH]c2=S)cc1OC. The van der Waals surface area contributed by atoms with E-state index in [0.717, 1.165) is 42.8 Å².